The number of halogens is 1. The Kier molecular flexibility index (Phi) is 3.41. The number of rotatable bonds is 3. The normalized spacial score (nSPS) is 10.4. The Morgan fingerprint density at radius 2 is 2.28 bits per heavy atom. The molecule has 2 aromatic rings. The van der Waals surface area contributed by atoms with Crippen LogP contribution >= 0.6 is 0 Å². The number of hydrogen-bond acceptors (Lipinski definition) is 2. The Labute approximate surface area is 104 Å². The number of aromatic nitrogens is 2. The molecule has 1 heterocycles. The van der Waals surface area contributed by atoms with E-state index in [2.05, 4.69) is 15.5 Å². The number of amides is 1. The first-order valence-electron chi connectivity index (χ1n) is 5.71. The van der Waals surface area contributed by atoms with Crippen molar-refractivity contribution in [2.24, 2.45) is 0 Å². The summed E-state index contributed by atoms with van der Waals surface area (Å²) in [4.78, 5) is 12.0. The Morgan fingerprint density at radius 1 is 1.50 bits per heavy atom. The van der Waals surface area contributed by atoms with Crippen molar-refractivity contribution in [2.75, 3.05) is 5.32 Å². The van der Waals surface area contributed by atoms with Crippen molar-refractivity contribution in [3.05, 3.63) is 46.9 Å². The van der Waals surface area contributed by atoms with Crippen LogP contribution in [-0.4, -0.2) is 16.1 Å². The van der Waals surface area contributed by atoms with Gasteiger partial charge in [-0.2, -0.15) is 5.10 Å². The molecular formula is C13H14FN3O. The second-order valence-electron chi connectivity index (χ2n) is 4.04. The molecule has 0 spiro atoms. The monoisotopic (exact) mass is 247 g/mol. The van der Waals surface area contributed by atoms with E-state index in [1.807, 2.05) is 6.92 Å². The Bertz CT molecular complexity index is 577. The molecule has 18 heavy (non-hydrogen) atoms. The average Bonchev–Trinajstić information content (AvgIpc) is 2.76. The molecule has 5 heteroatoms. The van der Waals surface area contributed by atoms with Crippen molar-refractivity contribution in [3.63, 3.8) is 0 Å². The van der Waals surface area contributed by atoms with Crippen LogP contribution in [0.4, 0.5) is 10.2 Å². The quantitative estimate of drug-likeness (QED) is 0.876. The van der Waals surface area contributed by atoms with Gasteiger partial charge in [0, 0.05) is 11.1 Å². The van der Waals surface area contributed by atoms with E-state index < -0.39 is 0 Å². The van der Waals surface area contributed by atoms with Gasteiger partial charge in [-0.05, 0) is 37.1 Å². The molecule has 0 aliphatic rings. The highest BCUT2D eigenvalue weighted by molar-refractivity contribution is 6.05. The molecule has 0 saturated heterocycles. The third kappa shape index (κ3) is 2.40. The molecular weight excluding hydrogens is 233 g/mol. The maximum Gasteiger partial charge on any atom is 0.257 e. The summed E-state index contributed by atoms with van der Waals surface area (Å²) in [5.74, 6) is -0.0301. The number of carbonyl (C=O) groups excluding carboxylic acids is 1. The standard InChI is InChI=1S/C13H14FN3O/c1-3-9-7-15-17-12(9)16-13(18)11-5-4-10(14)6-8(11)2/h4-7H,3H2,1-2H3,(H2,15,16,17,18). The van der Waals surface area contributed by atoms with Gasteiger partial charge in [-0.15, -0.1) is 0 Å². The zero-order chi connectivity index (χ0) is 13.1. The summed E-state index contributed by atoms with van der Waals surface area (Å²) in [7, 11) is 0. The van der Waals surface area contributed by atoms with Crippen LogP contribution in [-0.2, 0) is 6.42 Å². The van der Waals surface area contributed by atoms with Crippen LogP contribution in [0.25, 0.3) is 0 Å². The van der Waals surface area contributed by atoms with Crippen LogP contribution < -0.4 is 5.32 Å². The molecule has 1 aromatic carbocycles. The van der Waals surface area contributed by atoms with Crippen molar-refractivity contribution in [2.45, 2.75) is 20.3 Å². The zero-order valence-electron chi connectivity index (χ0n) is 10.2. The molecule has 4 nitrogen and oxygen atoms in total. The van der Waals surface area contributed by atoms with E-state index in [4.69, 9.17) is 0 Å². The molecule has 94 valence electrons. The number of nitrogens with one attached hydrogen (secondary N) is 2. The van der Waals surface area contributed by atoms with E-state index >= 15 is 0 Å². The molecule has 0 unspecified atom stereocenters. The van der Waals surface area contributed by atoms with Crippen molar-refractivity contribution in [3.8, 4) is 0 Å². The van der Waals surface area contributed by atoms with Gasteiger partial charge in [0.05, 0.1) is 6.20 Å². The molecule has 0 saturated carbocycles. The number of aromatic amines is 1. The number of nitrogens with zero attached hydrogens (tertiary/aromatic N) is 1. The average molecular weight is 247 g/mol. The maximum absolute atomic E-state index is 13.0. The summed E-state index contributed by atoms with van der Waals surface area (Å²) in [6.07, 6.45) is 2.45. The summed E-state index contributed by atoms with van der Waals surface area (Å²) in [5, 5.41) is 9.35. The van der Waals surface area contributed by atoms with Crippen LogP contribution in [0.1, 0.15) is 28.4 Å². The highest BCUT2D eigenvalue weighted by Crippen LogP contribution is 2.15. The zero-order valence-corrected chi connectivity index (χ0v) is 10.2. The first kappa shape index (κ1) is 12.3. The third-order valence-electron chi connectivity index (χ3n) is 2.77. The second kappa shape index (κ2) is 5.00. The first-order valence-corrected chi connectivity index (χ1v) is 5.71. The molecule has 0 aliphatic carbocycles. The number of anilines is 1. The lowest BCUT2D eigenvalue weighted by molar-refractivity contribution is 0.102. The van der Waals surface area contributed by atoms with Gasteiger partial charge in [0.15, 0.2) is 0 Å². The highest BCUT2D eigenvalue weighted by atomic mass is 19.1. The van der Waals surface area contributed by atoms with Crippen LogP contribution in [0.15, 0.2) is 24.4 Å². The lowest BCUT2D eigenvalue weighted by atomic mass is 10.1. The van der Waals surface area contributed by atoms with Gasteiger partial charge < -0.3 is 5.32 Å². The van der Waals surface area contributed by atoms with Crippen LogP contribution in [0.5, 0.6) is 0 Å². The molecule has 1 aromatic heterocycles. The molecule has 0 bridgehead atoms. The Morgan fingerprint density at radius 3 is 2.94 bits per heavy atom. The summed E-state index contributed by atoms with van der Waals surface area (Å²) in [5.41, 5.74) is 1.99. The molecule has 1 amide bonds. The number of hydrogen-bond donors (Lipinski definition) is 2. The highest BCUT2D eigenvalue weighted by Gasteiger charge is 2.12. The minimum Gasteiger partial charge on any atom is -0.307 e. The number of H-pyrrole nitrogens is 1. The largest absolute Gasteiger partial charge is 0.307 e. The third-order valence-corrected chi connectivity index (χ3v) is 2.77. The van der Waals surface area contributed by atoms with Gasteiger partial charge in [0.2, 0.25) is 0 Å². The van der Waals surface area contributed by atoms with E-state index in [1.165, 1.54) is 18.2 Å². The summed E-state index contributed by atoms with van der Waals surface area (Å²) in [6.45, 7) is 3.68. The SMILES string of the molecule is CCc1cn[nH]c1NC(=O)c1ccc(F)cc1C. The minimum atomic E-state index is -0.347. The van der Waals surface area contributed by atoms with Gasteiger partial charge in [-0.3, -0.25) is 9.89 Å². The minimum absolute atomic E-state index is 0.272. The Hall–Kier alpha value is -2.17. The maximum atomic E-state index is 13.0. The van der Waals surface area contributed by atoms with Gasteiger partial charge in [-0.1, -0.05) is 6.92 Å². The van der Waals surface area contributed by atoms with Gasteiger partial charge >= 0.3 is 0 Å². The summed E-state index contributed by atoms with van der Waals surface area (Å²) >= 11 is 0. The second-order valence-corrected chi connectivity index (χ2v) is 4.04. The molecule has 0 radical (unpaired) electrons. The van der Waals surface area contributed by atoms with E-state index in [0.717, 1.165) is 12.0 Å². The topological polar surface area (TPSA) is 57.8 Å². The fourth-order valence-electron chi connectivity index (χ4n) is 1.75. The van der Waals surface area contributed by atoms with Crippen LogP contribution in [0, 0.1) is 12.7 Å². The predicted octanol–water partition coefficient (Wildman–Crippen LogP) is 2.67. The van der Waals surface area contributed by atoms with Crippen molar-refractivity contribution in [1.29, 1.82) is 0 Å². The van der Waals surface area contributed by atoms with Crippen molar-refractivity contribution >= 4 is 11.7 Å². The van der Waals surface area contributed by atoms with E-state index in [-0.39, 0.29) is 11.7 Å². The van der Waals surface area contributed by atoms with E-state index in [9.17, 15) is 9.18 Å². The van der Waals surface area contributed by atoms with Gasteiger partial charge in [0.1, 0.15) is 11.6 Å². The van der Waals surface area contributed by atoms with Crippen LogP contribution in [0.3, 0.4) is 0 Å². The van der Waals surface area contributed by atoms with Gasteiger partial charge in [0.25, 0.3) is 5.91 Å². The molecule has 2 N–H and O–H groups in total. The van der Waals surface area contributed by atoms with E-state index in [1.54, 1.807) is 13.1 Å². The van der Waals surface area contributed by atoms with Crippen molar-refractivity contribution in [1.82, 2.24) is 10.2 Å². The smallest absolute Gasteiger partial charge is 0.257 e. The number of benzene rings is 1. The van der Waals surface area contributed by atoms with E-state index in [0.29, 0.717) is 16.9 Å². The fourth-order valence-corrected chi connectivity index (χ4v) is 1.75. The first-order chi connectivity index (χ1) is 8.61. The van der Waals surface area contributed by atoms with Gasteiger partial charge in [-0.25, -0.2) is 4.39 Å². The summed E-state index contributed by atoms with van der Waals surface area (Å²) < 4.78 is 13.0. The Balaban J connectivity index is 2.22. The summed E-state index contributed by atoms with van der Waals surface area (Å²) in [6, 6.07) is 4.08. The molecule has 0 atom stereocenters. The predicted molar refractivity (Wildman–Crippen MR) is 67.1 cm³/mol. The molecule has 0 aliphatic heterocycles. The lowest BCUT2D eigenvalue weighted by Crippen LogP contribution is -2.14. The lowest BCUT2D eigenvalue weighted by Gasteiger charge is -2.07. The molecule has 0 fully saturated rings. The number of aryl methyl sites for hydroxylation is 2. The molecule has 2 rings (SSSR count). The van der Waals surface area contributed by atoms with Crippen LogP contribution in [0.2, 0.25) is 0 Å². The van der Waals surface area contributed by atoms with Crippen molar-refractivity contribution < 1.29 is 9.18 Å². The number of carbonyl (C=O) groups is 1. The fraction of sp³-hybridized carbons (Fsp3) is 0.231.